The van der Waals surface area contributed by atoms with Crippen LogP contribution in [0.25, 0.3) is 0 Å². The molecule has 0 saturated heterocycles. The second kappa shape index (κ2) is 7.52. The van der Waals surface area contributed by atoms with E-state index in [1.54, 1.807) is 6.07 Å². The van der Waals surface area contributed by atoms with Gasteiger partial charge in [0.05, 0.1) is 5.02 Å². The fourth-order valence-electron chi connectivity index (χ4n) is 2.23. The van der Waals surface area contributed by atoms with Crippen LogP contribution < -0.4 is 14.8 Å². The second-order valence-corrected chi connectivity index (χ2v) is 5.42. The predicted octanol–water partition coefficient (Wildman–Crippen LogP) is 2.84. The summed E-state index contributed by atoms with van der Waals surface area (Å²) in [6.07, 6.45) is 2.47. The van der Waals surface area contributed by atoms with Gasteiger partial charge in [0.2, 0.25) is 0 Å². The van der Waals surface area contributed by atoms with Gasteiger partial charge in [-0.1, -0.05) is 31.4 Å². The van der Waals surface area contributed by atoms with Crippen LogP contribution in [0.4, 0.5) is 0 Å². The molecule has 0 saturated carbocycles. The van der Waals surface area contributed by atoms with Crippen LogP contribution >= 0.6 is 11.6 Å². The van der Waals surface area contributed by atoms with Gasteiger partial charge in [-0.25, -0.2) is 0 Å². The van der Waals surface area contributed by atoms with Gasteiger partial charge in [0.1, 0.15) is 19.3 Å². The summed E-state index contributed by atoms with van der Waals surface area (Å²) in [6, 6.07) is 3.07. The molecule has 1 atom stereocenters. The standard InChI is InChI=1S/C15H20ClNO4/c1-2-3-4-12(15(18)19)17-9-10-7-11(16)14-13(8-10)20-5-6-21-14/h7-8,12,17H,2-6,9H2,1H3,(H,18,19). The average Bonchev–Trinajstić information content (AvgIpc) is 2.47. The smallest absolute Gasteiger partial charge is 0.320 e. The van der Waals surface area contributed by atoms with Crippen molar-refractivity contribution in [3.63, 3.8) is 0 Å². The van der Waals surface area contributed by atoms with Gasteiger partial charge in [0.15, 0.2) is 11.5 Å². The van der Waals surface area contributed by atoms with Crippen molar-refractivity contribution < 1.29 is 19.4 Å². The monoisotopic (exact) mass is 313 g/mol. The first-order valence-electron chi connectivity index (χ1n) is 7.16. The summed E-state index contributed by atoms with van der Waals surface area (Å²) in [4.78, 5) is 11.2. The molecule has 6 heteroatoms. The molecule has 1 aromatic rings. The number of hydrogen-bond acceptors (Lipinski definition) is 4. The van der Waals surface area contributed by atoms with Gasteiger partial charge in [-0.2, -0.15) is 0 Å². The van der Waals surface area contributed by atoms with Crippen LogP contribution in [0.2, 0.25) is 5.02 Å². The van der Waals surface area contributed by atoms with Gasteiger partial charge in [0, 0.05) is 6.54 Å². The van der Waals surface area contributed by atoms with Gasteiger partial charge in [-0.3, -0.25) is 4.79 Å². The van der Waals surface area contributed by atoms with Crippen LogP contribution in [-0.4, -0.2) is 30.3 Å². The van der Waals surface area contributed by atoms with E-state index in [1.165, 1.54) is 0 Å². The Morgan fingerprint density at radius 2 is 2.19 bits per heavy atom. The number of fused-ring (bicyclic) bond motifs is 1. The molecule has 1 aromatic carbocycles. The van der Waals surface area contributed by atoms with Crippen molar-refractivity contribution >= 4 is 17.6 Å². The quantitative estimate of drug-likeness (QED) is 0.810. The average molecular weight is 314 g/mol. The number of nitrogens with one attached hydrogen (secondary N) is 1. The number of ether oxygens (including phenoxy) is 2. The lowest BCUT2D eigenvalue weighted by Crippen LogP contribution is -2.36. The number of aliphatic carboxylic acids is 1. The summed E-state index contributed by atoms with van der Waals surface area (Å²) in [5, 5.41) is 12.7. The minimum atomic E-state index is -0.827. The van der Waals surface area contributed by atoms with Crippen molar-refractivity contribution in [3.8, 4) is 11.5 Å². The third-order valence-electron chi connectivity index (χ3n) is 3.35. The number of halogens is 1. The molecular formula is C15H20ClNO4. The molecule has 21 heavy (non-hydrogen) atoms. The minimum absolute atomic E-state index is 0.428. The highest BCUT2D eigenvalue weighted by Crippen LogP contribution is 2.38. The van der Waals surface area contributed by atoms with Crippen LogP contribution in [0.3, 0.4) is 0 Å². The van der Waals surface area contributed by atoms with Gasteiger partial charge in [-0.15, -0.1) is 0 Å². The lowest BCUT2D eigenvalue weighted by molar-refractivity contribution is -0.139. The normalized spacial score (nSPS) is 14.8. The van der Waals surface area contributed by atoms with Crippen molar-refractivity contribution in [1.82, 2.24) is 5.32 Å². The number of carboxylic acid groups (broad SMARTS) is 1. The summed E-state index contributed by atoms with van der Waals surface area (Å²) in [7, 11) is 0. The molecular weight excluding hydrogens is 294 g/mol. The maximum atomic E-state index is 11.2. The van der Waals surface area contributed by atoms with E-state index in [2.05, 4.69) is 5.32 Å². The molecule has 5 nitrogen and oxygen atoms in total. The van der Waals surface area contributed by atoms with Crippen LogP contribution in [0.5, 0.6) is 11.5 Å². The molecule has 0 bridgehead atoms. The second-order valence-electron chi connectivity index (χ2n) is 5.02. The first-order valence-corrected chi connectivity index (χ1v) is 7.53. The van der Waals surface area contributed by atoms with Crippen LogP contribution in [0.15, 0.2) is 12.1 Å². The molecule has 1 aliphatic heterocycles. The third kappa shape index (κ3) is 4.25. The molecule has 2 N–H and O–H groups in total. The Labute approximate surface area is 129 Å². The van der Waals surface area contributed by atoms with E-state index < -0.39 is 12.0 Å². The predicted molar refractivity (Wildman–Crippen MR) is 80.2 cm³/mol. The minimum Gasteiger partial charge on any atom is -0.486 e. The van der Waals surface area contributed by atoms with E-state index in [9.17, 15) is 9.90 Å². The summed E-state index contributed by atoms with van der Waals surface area (Å²) in [5.74, 6) is 0.352. The highest BCUT2D eigenvalue weighted by molar-refractivity contribution is 6.32. The first kappa shape index (κ1) is 15.9. The fraction of sp³-hybridized carbons (Fsp3) is 0.533. The van der Waals surface area contributed by atoms with Crippen molar-refractivity contribution in [1.29, 1.82) is 0 Å². The Morgan fingerprint density at radius 1 is 1.43 bits per heavy atom. The van der Waals surface area contributed by atoms with Crippen LogP contribution in [0.1, 0.15) is 31.7 Å². The van der Waals surface area contributed by atoms with Crippen LogP contribution in [-0.2, 0) is 11.3 Å². The number of carbonyl (C=O) groups is 1. The Hall–Kier alpha value is -1.46. The number of hydrogen-bond donors (Lipinski definition) is 2. The molecule has 0 fully saturated rings. The fourth-order valence-corrected chi connectivity index (χ4v) is 2.52. The first-order chi connectivity index (χ1) is 10.1. The zero-order valence-electron chi connectivity index (χ0n) is 12.0. The maximum Gasteiger partial charge on any atom is 0.320 e. The van der Waals surface area contributed by atoms with Crippen LogP contribution in [0, 0.1) is 0 Å². The summed E-state index contributed by atoms with van der Waals surface area (Å²) >= 11 is 6.16. The largest absolute Gasteiger partial charge is 0.486 e. The summed E-state index contributed by atoms with van der Waals surface area (Å²) < 4.78 is 11.0. The zero-order valence-corrected chi connectivity index (χ0v) is 12.8. The molecule has 1 heterocycles. The Kier molecular flexibility index (Phi) is 5.70. The van der Waals surface area contributed by atoms with E-state index in [0.717, 1.165) is 18.4 Å². The van der Waals surface area contributed by atoms with E-state index in [-0.39, 0.29) is 0 Å². The van der Waals surface area contributed by atoms with Crippen molar-refractivity contribution in [2.75, 3.05) is 13.2 Å². The maximum absolute atomic E-state index is 11.2. The van der Waals surface area contributed by atoms with E-state index >= 15 is 0 Å². The van der Waals surface area contributed by atoms with Gasteiger partial charge < -0.3 is 19.9 Å². The molecule has 1 unspecified atom stereocenters. The van der Waals surface area contributed by atoms with E-state index in [4.69, 9.17) is 21.1 Å². The van der Waals surface area contributed by atoms with Crippen molar-refractivity contribution in [3.05, 3.63) is 22.7 Å². The summed E-state index contributed by atoms with van der Waals surface area (Å²) in [6.45, 7) is 3.45. The molecule has 0 amide bonds. The lowest BCUT2D eigenvalue weighted by Gasteiger charge is -2.21. The SMILES string of the molecule is CCCCC(NCc1cc(Cl)c2c(c1)OCCO2)C(=O)O. The van der Waals surface area contributed by atoms with Crippen molar-refractivity contribution in [2.45, 2.75) is 38.8 Å². The number of carboxylic acids is 1. The lowest BCUT2D eigenvalue weighted by atomic mass is 10.1. The van der Waals surface area contributed by atoms with Crippen molar-refractivity contribution in [2.24, 2.45) is 0 Å². The van der Waals surface area contributed by atoms with Gasteiger partial charge in [0.25, 0.3) is 0 Å². The molecule has 0 aromatic heterocycles. The molecule has 1 aliphatic rings. The van der Waals surface area contributed by atoms with E-state index in [1.807, 2.05) is 13.0 Å². The number of unbranched alkanes of at least 4 members (excludes halogenated alkanes) is 1. The zero-order chi connectivity index (χ0) is 15.2. The number of benzene rings is 1. The van der Waals surface area contributed by atoms with E-state index in [0.29, 0.717) is 42.7 Å². The molecule has 116 valence electrons. The Balaban J connectivity index is 2.02. The molecule has 0 radical (unpaired) electrons. The Bertz CT molecular complexity index is 507. The topological polar surface area (TPSA) is 67.8 Å². The molecule has 0 aliphatic carbocycles. The Morgan fingerprint density at radius 3 is 2.90 bits per heavy atom. The van der Waals surface area contributed by atoms with Gasteiger partial charge in [-0.05, 0) is 24.1 Å². The highest BCUT2D eigenvalue weighted by Gasteiger charge is 2.19. The number of rotatable bonds is 7. The molecule has 0 spiro atoms. The third-order valence-corrected chi connectivity index (χ3v) is 3.63. The molecule has 2 rings (SSSR count). The summed E-state index contributed by atoms with van der Waals surface area (Å²) in [5.41, 5.74) is 0.881. The highest BCUT2D eigenvalue weighted by atomic mass is 35.5. The van der Waals surface area contributed by atoms with Gasteiger partial charge >= 0.3 is 5.97 Å².